The molecule has 1 aromatic carbocycles. The highest BCUT2D eigenvalue weighted by Crippen LogP contribution is 2.33. The van der Waals surface area contributed by atoms with Crippen molar-refractivity contribution in [2.24, 2.45) is 11.7 Å². The molecule has 0 aliphatic heterocycles. The van der Waals surface area contributed by atoms with Gasteiger partial charge in [0.15, 0.2) is 0 Å². The Labute approximate surface area is 103 Å². The SMILES string of the molecule is COc1cccc([C@H](N)[C@H](O)C2CCCC2)c1. The van der Waals surface area contributed by atoms with Crippen LogP contribution in [-0.2, 0) is 0 Å². The molecule has 3 nitrogen and oxygen atoms in total. The summed E-state index contributed by atoms with van der Waals surface area (Å²) >= 11 is 0. The summed E-state index contributed by atoms with van der Waals surface area (Å²) in [7, 11) is 1.64. The molecule has 0 aromatic heterocycles. The van der Waals surface area contributed by atoms with E-state index in [0.29, 0.717) is 5.92 Å². The Morgan fingerprint density at radius 3 is 2.71 bits per heavy atom. The summed E-state index contributed by atoms with van der Waals surface area (Å²) in [6, 6.07) is 7.34. The predicted octanol–water partition coefficient (Wildman–Crippen LogP) is 2.25. The summed E-state index contributed by atoms with van der Waals surface area (Å²) < 4.78 is 5.17. The van der Waals surface area contributed by atoms with Crippen LogP contribution in [0.2, 0.25) is 0 Å². The molecule has 0 heterocycles. The van der Waals surface area contributed by atoms with Gasteiger partial charge in [-0.25, -0.2) is 0 Å². The Hall–Kier alpha value is -1.06. The Morgan fingerprint density at radius 2 is 2.06 bits per heavy atom. The van der Waals surface area contributed by atoms with Crippen LogP contribution in [-0.4, -0.2) is 18.3 Å². The Bertz CT molecular complexity index is 361. The second-order valence-corrected chi connectivity index (χ2v) is 4.84. The van der Waals surface area contributed by atoms with Crippen molar-refractivity contribution in [1.82, 2.24) is 0 Å². The van der Waals surface area contributed by atoms with Crippen molar-refractivity contribution in [2.75, 3.05) is 7.11 Å². The second-order valence-electron chi connectivity index (χ2n) is 4.84. The minimum atomic E-state index is -0.440. The van der Waals surface area contributed by atoms with Gasteiger partial charge in [-0.1, -0.05) is 25.0 Å². The molecule has 1 saturated carbocycles. The largest absolute Gasteiger partial charge is 0.497 e. The lowest BCUT2D eigenvalue weighted by Gasteiger charge is -2.24. The third kappa shape index (κ3) is 2.79. The molecular weight excluding hydrogens is 214 g/mol. The topological polar surface area (TPSA) is 55.5 Å². The fraction of sp³-hybridized carbons (Fsp3) is 0.571. The zero-order chi connectivity index (χ0) is 12.3. The van der Waals surface area contributed by atoms with Crippen LogP contribution in [0.15, 0.2) is 24.3 Å². The Kier molecular flexibility index (Phi) is 4.02. The molecule has 2 atom stereocenters. The van der Waals surface area contributed by atoms with Gasteiger partial charge in [0.25, 0.3) is 0 Å². The first kappa shape index (κ1) is 12.4. The first-order valence-electron chi connectivity index (χ1n) is 6.30. The molecule has 0 radical (unpaired) electrons. The molecule has 2 rings (SSSR count). The third-order valence-electron chi connectivity index (χ3n) is 3.73. The molecule has 0 amide bonds. The zero-order valence-corrected chi connectivity index (χ0v) is 10.3. The number of methoxy groups -OCH3 is 1. The van der Waals surface area contributed by atoms with E-state index in [1.807, 2.05) is 24.3 Å². The van der Waals surface area contributed by atoms with Crippen molar-refractivity contribution < 1.29 is 9.84 Å². The fourth-order valence-corrected chi connectivity index (χ4v) is 2.64. The first-order valence-corrected chi connectivity index (χ1v) is 6.30. The molecule has 17 heavy (non-hydrogen) atoms. The average molecular weight is 235 g/mol. The molecule has 3 N–H and O–H groups in total. The fourth-order valence-electron chi connectivity index (χ4n) is 2.64. The highest BCUT2D eigenvalue weighted by Gasteiger charge is 2.28. The van der Waals surface area contributed by atoms with E-state index in [9.17, 15) is 5.11 Å². The van der Waals surface area contributed by atoms with E-state index >= 15 is 0 Å². The molecule has 94 valence electrons. The maximum atomic E-state index is 10.3. The van der Waals surface area contributed by atoms with E-state index in [1.54, 1.807) is 7.11 Å². The van der Waals surface area contributed by atoms with Gasteiger partial charge in [-0.3, -0.25) is 0 Å². The third-order valence-corrected chi connectivity index (χ3v) is 3.73. The molecule has 3 heteroatoms. The van der Waals surface area contributed by atoms with Crippen molar-refractivity contribution in [2.45, 2.75) is 37.8 Å². The highest BCUT2D eigenvalue weighted by molar-refractivity contribution is 5.31. The molecule has 1 fully saturated rings. The molecule has 0 saturated heterocycles. The van der Waals surface area contributed by atoms with Crippen molar-refractivity contribution in [3.05, 3.63) is 29.8 Å². The Balaban J connectivity index is 2.09. The minimum absolute atomic E-state index is 0.312. The van der Waals surface area contributed by atoms with E-state index in [1.165, 1.54) is 12.8 Å². The number of rotatable bonds is 4. The normalized spacial score (nSPS) is 20.2. The van der Waals surface area contributed by atoms with Crippen LogP contribution in [0.3, 0.4) is 0 Å². The molecular formula is C14H21NO2. The first-order chi connectivity index (χ1) is 8.22. The van der Waals surface area contributed by atoms with Gasteiger partial charge in [-0.15, -0.1) is 0 Å². The second kappa shape index (κ2) is 5.52. The lowest BCUT2D eigenvalue weighted by Crippen LogP contribution is -2.31. The zero-order valence-electron chi connectivity index (χ0n) is 10.3. The van der Waals surface area contributed by atoms with E-state index < -0.39 is 6.10 Å². The van der Waals surface area contributed by atoms with Crippen molar-refractivity contribution >= 4 is 0 Å². The Morgan fingerprint density at radius 1 is 1.35 bits per heavy atom. The maximum absolute atomic E-state index is 10.3. The number of nitrogens with two attached hydrogens (primary N) is 1. The summed E-state index contributed by atoms with van der Waals surface area (Å²) in [5.41, 5.74) is 7.08. The van der Waals surface area contributed by atoms with Crippen LogP contribution in [0.4, 0.5) is 0 Å². The lowest BCUT2D eigenvalue weighted by atomic mass is 9.91. The summed E-state index contributed by atoms with van der Waals surface area (Å²) in [6.07, 6.45) is 4.18. The van der Waals surface area contributed by atoms with Gasteiger partial charge in [0.1, 0.15) is 5.75 Å². The van der Waals surface area contributed by atoms with E-state index in [-0.39, 0.29) is 6.04 Å². The van der Waals surface area contributed by atoms with Crippen molar-refractivity contribution in [1.29, 1.82) is 0 Å². The molecule has 0 unspecified atom stereocenters. The van der Waals surface area contributed by atoms with Gasteiger partial charge in [0.2, 0.25) is 0 Å². The molecule has 1 aromatic rings. The van der Waals surface area contributed by atoms with Crippen LogP contribution < -0.4 is 10.5 Å². The smallest absolute Gasteiger partial charge is 0.119 e. The summed E-state index contributed by atoms with van der Waals surface area (Å²) in [5.74, 6) is 1.15. The highest BCUT2D eigenvalue weighted by atomic mass is 16.5. The number of aliphatic hydroxyl groups excluding tert-OH is 1. The molecule has 1 aliphatic carbocycles. The summed E-state index contributed by atoms with van der Waals surface area (Å²) in [5, 5.41) is 10.3. The number of hydrogen-bond donors (Lipinski definition) is 2. The van der Waals surface area contributed by atoms with Crippen LogP contribution in [0, 0.1) is 5.92 Å². The van der Waals surface area contributed by atoms with Gasteiger partial charge in [-0.05, 0) is 36.5 Å². The number of benzene rings is 1. The number of hydrogen-bond acceptors (Lipinski definition) is 3. The van der Waals surface area contributed by atoms with E-state index in [0.717, 1.165) is 24.2 Å². The standard InChI is InChI=1S/C14H21NO2/c1-17-12-8-4-7-11(9-12)13(15)14(16)10-5-2-3-6-10/h4,7-10,13-14,16H,2-3,5-6,15H2,1H3/t13-,14+/m0/s1. The quantitative estimate of drug-likeness (QED) is 0.841. The van der Waals surface area contributed by atoms with Gasteiger partial charge in [-0.2, -0.15) is 0 Å². The van der Waals surface area contributed by atoms with E-state index in [4.69, 9.17) is 10.5 Å². The minimum Gasteiger partial charge on any atom is -0.497 e. The van der Waals surface area contributed by atoms with Crippen LogP contribution in [0.25, 0.3) is 0 Å². The average Bonchev–Trinajstić information content (AvgIpc) is 2.91. The molecule has 1 aliphatic rings. The van der Waals surface area contributed by atoms with E-state index in [2.05, 4.69) is 0 Å². The van der Waals surface area contributed by atoms with Gasteiger partial charge < -0.3 is 15.6 Å². The van der Waals surface area contributed by atoms with Crippen LogP contribution in [0.1, 0.15) is 37.3 Å². The van der Waals surface area contributed by atoms with Crippen molar-refractivity contribution in [3.63, 3.8) is 0 Å². The van der Waals surface area contributed by atoms with Crippen molar-refractivity contribution in [3.8, 4) is 5.75 Å². The van der Waals surface area contributed by atoms with Gasteiger partial charge in [0, 0.05) is 0 Å². The predicted molar refractivity (Wildman–Crippen MR) is 67.9 cm³/mol. The molecule has 0 spiro atoms. The van der Waals surface area contributed by atoms with Crippen LogP contribution >= 0.6 is 0 Å². The van der Waals surface area contributed by atoms with Gasteiger partial charge in [0.05, 0.1) is 19.3 Å². The molecule has 0 bridgehead atoms. The summed E-state index contributed by atoms with van der Waals surface area (Å²) in [4.78, 5) is 0. The monoisotopic (exact) mass is 235 g/mol. The summed E-state index contributed by atoms with van der Waals surface area (Å²) in [6.45, 7) is 0. The number of aliphatic hydroxyl groups is 1. The van der Waals surface area contributed by atoms with Gasteiger partial charge >= 0.3 is 0 Å². The lowest BCUT2D eigenvalue weighted by molar-refractivity contribution is 0.0844. The number of ether oxygens (including phenoxy) is 1. The maximum Gasteiger partial charge on any atom is 0.119 e. The van der Waals surface area contributed by atoms with Crippen LogP contribution in [0.5, 0.6) is 5.75 Å².